The highest BCUT2D eigenvalue weighted by Crippen LogP contribution is 2.21. The molecule has 0 saturated carbocycles. The number of hydrogen-bond donors (Lipinski definition) is 2. The normalized spacial score (nSPS) is 19.3. The van der Waals surface area contributed by atoms with Crippen molar-refractivity contribution in [3.05, 3.63) is 24.0 Å². The number of nitrogens with one attached hydrogen (secondary N) is 1. The third kappa shape index (κ3) is 3.23. The SMILES string of the molecule is CCNc1cnccc1C(=O)N1CCCC(CO)C1. The lowest BCUT2D eigenvalue weighted by Gasteiger charge is -2.32. The molecule has 0 aromatic carbocycles. The predicted octanol–water partition coefficient (Wildman–Crippen LogP) is 1.36. The molecule has 104 valence electrons. The number of likely N-dealkylation sites (tertiary alicyclic amines) is 1. The minimum atomic E-state index is 0.0245. The van der Waals surface area contributed by atoms with E-state index in [2.05, 4.69) is 10.3 Å². The van der Waals surface area contributed by atoms with Gasteiger partial charge < -0.3 is 15.3 Å². The molecule has 5 nitrogen and oxygen atoms in total. The highest BCUT2D eigenvalue weighted by atomic mass is 16.3. The standard InChI is InChI=1S/C14H21N3O2/c1-2-16-13-8-15-6-5-12(13)14(19)17-7-3-4-11(9-17)10-18/h5-6,8,11,16,18H,2-4,7,9-10H2,1H3. The van der Waals surface area contributed by atoms with Crippen LogP contribution in [0.15, 0.2) is 18.5 Å². The van der Waals surface area contributed by atoms with Crippen LogP contribution in [-0.2, 0) is 0 Å². The Morgan fingerprint density at radius 2 is 2.47 bits per heavy atom. The summed E-state index contributed by atoms with van der Waals surface area (Å²) in [7, 11) is 0. The summed E-state index contributed by atoms with van der Waals surface area (Å²) in [6.45, 7) is 4.31. The molecule has 2 heterocycles. The van der Waals surface area contributed by atoms with Crippen LogP contribution in [-0.4, -0.2) is 47.1 Å². The summed E-state index contributed by atoms with van der Waals surface area (Å²) in [6, 6.07) is 1.75. The highest BCUT2D eigenvalue weighted by Gasteiger charge is 2.25. The van der Waals surface area contributed by atoms with Crippen LogP contribution in [0.25, 0.3) is 0 Å². The van der Waals surface area contributed by atoms with Crippen molar-refractivity contribution in [3.63, 3.8) is 0 Å². The first-order valence-electron chi connectivity index (χ1n) is 6.84. The van der Waals surface area contributed by atoms with Gasteiger partial charge in [-0.3, -0.25) is 9.78 Å². The molecule has 19 heavy (non-hydrogen) atoms. The lowest BCUT2D eigenvalue weighted by Crippen LogP contribution is -2.41. The number of piperidine rings is 1. The molecule has 1 amide bonds. The zero-order chi connectivity index (χ0) is 13.7. The minimum absolute atomic E-state index is 0.0245. The van der Waals surface area contributed by atoms with Crippen molar-refractivity contribution in [2.24, 2.45) is 5.92 Å². The molecule has 0 radical (unpaired) electrons. The number of pyridine rings is 1. The maximum atomic E-state index is 12.5. The zero-order valence-corrected chi connectivity index (χ0v) is 11.3. The van der Waals surface area contributed by atoms with E-state index in [-0.39, 0.29) is 18.4 Å². The molecule has 1 atom stereocenters. The highest BCUT2D eigenvalue weighted by molar-refractivity contribution is 5.99. The minimum Gasteiger partial charge on any atom is -0.396 e. The van der Waals surface area contributed by atoms with Crippen molar-refractivity contribution in [1.29, 1.82) is 0 Å². The molecule has 1 aliphatic rings. The Morgan fingerprint density at radius 3 is 3.21 bits per heavy atom. The smallest absolute Gasteiger partial charge is 0.256 e. The summed E-state index contributed by atoms with van der Waals surface area (Å²) in [6.07, 6.45) is 5.28. The Morgan fingerprint density at radius 1 is 1.63 bits per heavy atom. The van der Waals surface area contributed by atoms with Crippen LogP contribution in [0.1, 0.15) is 30.1 Å². The van der Waals surface area contributed by atoms with Crippen molar-refractivity contribution in [2.75, 3.05) is 31.6 Å². The molecule has 0 spiro atoms. The number of carbonyl (C=O) groups is 1. The molecule has 2 rings (SSSR count). The summed E-state index contributed by atoms with van der Waals surface area (Å²) in [5.41, 5.74) is 1.44. The first-order valence-corrected chi connectivity index (χ1v) is 6.84. The second-order valence-corrected chi connectivity index (χ2v) is 4.89. The second-order valence-electron chi connectivity index (χ2n) is 4.89. The van der Waals surface area contributed by atoms with Crippen LogP contribution in [0.4, 0.5) is 5.69 Å². The van der Waals surface area contributed by atoms with Crippen LogP contribution >= 0.6 is 0 Å². The molecule has 1 aromatic rings. The molecule has 1 saturated heterocycles. The van der Waals surface area contributed by atoms with Gasteiger partial charge in [0, 0.05) is 32.4 Å². The summed E-state index contributed by atoms with van der Waals surface area (Å²) in [5.74, 6) is 0.235. The van der Waals surface area contributed by atoms with Crippen molar-refractivity contribution in [2.45, 2.75) is 19.8 Å². The molecular weight excluding hydrogens is 242 g/mol. The van der Waals surface area contributed by atoms with Gasteiger partial charge in [-0.25, -0.2) is 0 Å². The van der Waals surface area contributed by atoms with Crippen LogP contribution in [0.3, 0.4) is 0 Å². The number of hydrogen-bond acceptors (Lipinski definition) is 4. The Balaban J connectivity index is 2.14. The number of anilines is 1. The van der Waals surface area contributed by atoms with E-state index in [1.165, 1.54) is 0 Å². The molecule has 0 bridgehead atoms. The van der Waals surface area contributed by atoms with Gasteiger partial charge in [0.05, 0.1) is 17.4 Å². The Labute approximate surface area is 113 Å². The van der Waals surface area contributed by atoms with Gasteiger partial charge in [-0.1, -0.05) is 0 Å². The number of aliphatic hydroxyl groups is 1. The van der Waals surface area contributed by atoms with Gasteiger partial charge in [0.15, 0.2) is 0 Å². The van der Waals surface area contributed by atoms with Crippen LogP contribution in [0, 0.1) is 5.92 Å². The third-order valence-corrected chi connectivity index (χ3v) is 3.48. The molecule has 1 aliphatic heterocycles. The Hall–Kier alpha value is -1.62. The van der Waals surface area contributed by atoms with Gasteiger partial charge in [-0.2, -0.15) is 0 Å². The predicted molar refractivity (Wildman–Crippen MR) is 74.1 cm³/mol. The van der Waals surface area contributed by atoms with Gasteiger partial charge in [-0.15, -0.1) is 0 Å². The number of amides is 1. The van der Waals surface area contributed by atoms with E-state index < -0.39 is 0 Å². The number of nitrogens with zero attached hydrogens (tertiary/aromatic N) is 2. The lowest BCUT2D eigenvalue weighted by molar-refractivity contribution is 0.0621. The summed E-state index contributed by atoms with van der Waals surface area (Å²) in [5, 5.41) is 12.4. The average Bonchev–Trinajstić information content (AvgIpc) is 2.47. The Kier molecular flexibility index (Phi) is 4.74. The van der Waals surface area contributed by atoms with Crippen LogP contribution in [0.5, 0.6) is 0 Å². The molecule has 2 N–H and O–H groups in total. The average molecular weight is 263 g/mol. The number of aliphatic hydroxyl groups excluding tert-OH is 1. The monoisotopic (exact) mass is 263 g/mol. The van der Waals surface area contributed by atoms with Gasteiger partial charge in [0.25, 0.3) is 5.91 Å². The van der Waals surface area contributed by atoms with Crippen molar-refractivity contribution < 1.29 is 9.90 Å². The zero-order valence-electron chi connectivity index (χ0n) is 11.3. The second kappa shape index (κ2) is 6.52. The Bertz CT molecular complexity index is 436. The van der Waals surface area contributed by atoms with E-state index in [1.807, 2.05) is 11.8 Å². The van der Waals surface area contributed by atoms with Gasteiger partial charge >= 0.3 is 0 Å². The van der Waals surface area contributed by atoms with Gasteiger partial charge in [-0.05, 0) is 31.7 Å². The number of carbonyl (C=O) groups excluding carboxylic acids is 1. The molecule has 1 fully saturated rings. The van der Waals surface area contributed by atoms with E-state index in [4.69, 9.17) is 0 Å². The number of aromatic nitrogens is 1. The fourth-order valence-corrected chi connectivity index (χ4v) is 2.48. The van der Waals surface area contributed by atoms with Gasteiger partial charge in [0.1, 0.15) is 0 Å². The van der Waals surface area contributed by atoms with E-state index in [0.717, 1.165) is 31.6 Å². The van der Waals surface area contributed by atoms with Crippen molar-refractivity contribution >= 4 is 11.6 Å². The van der Waals surface area contributed by atoms with Crippen molar-refractivity contribution in [1.82, 2.24) is 9.88 Å². The quantitative estimate of drug-likeness (QED) is 0.861. The molecule has 0 aliphatic carbocycles. The summed E-state index contributed by atoms with van der Waals surface area (Å²) >= 11 is 0. The molecule has 1 aromatic heterocycles. The fraction of sp³-hybridized carbons (Fsp3) is 0.571. The lowest BCUT2D eigenvalue weighted by atomic mass is 9.98. The van der Waals surface area contributed by atoms with Crippen molar-refractivity contribution in [3.8, 4) is 0 Å². The van der Waals surface area contributed by atoms with E-state index in [9.17, 15) is 9.90 Å². The van der Waals surface area contributed by atoms with Crippen LogP contribution < -0.4 is 5.32 Å². The fourth-order valence-electron chi connectivity index (χ4n) is 2.48. The number of rotatable bonds is 4. The van der Waals surface area contributed by atoms with E-state index in [1.54, 1.807) is 18.5 Å². The first-order chi connectivity index (χ1) is 9.26. The van der Waals surface area contributed by atoms with Crippen LogP contribution in [0.2, 0.25) is 0 Å². The molecular formula is C14H21N3O2. The largest absolute Gasteiger partial charge is 0.396 e. The maximum Gasteiger partial charge on any atom is 0.256 e. The summed E-state index contributed by atoms with van der Waals surface area (Å²) < 4.78 is 0. The first kappa shape index (κ1) is 13.8. The molecule has 1 unspecified atom stereocenters. The topological polar surface area (TPSA) is 65.5 Å². The van der Waals surface area contributed by atoms with E-state index >= 15 is 0 Å². The third-order valence-electron chi connectivity index (χ3n) is 3.48. The molecule has 5 heteroatoms. The van der Waals surface area contributed by atoms with E-state index in [0.29, 0.717) is 12.1 Å². The van der Waals surface area contributed by atoms with Gasteiger partial charge in [0.2, 0.25) is 0 Å². The maximum absolute atomic E-state index is 12.5. The summed E-state index contributed by atoms with van der Waals surface area (Å²) in [4.78, 5) is 18.4.